The molecule has 5 atom stereocenters. The maximum absolute atomic E-state index is 13.0. The van der Waals surface area contributed by atoms with Crippen LogP contribution in [-0.2, 0) is 25.6 Å². The molecule has 0 saturated carbocycles. The molecule has 0 aromatic heterocycles. The third-order valence-corrected chi connectivity index (χ3v) is 5.61. The monoisotopic (exact) mass is 460 g/mol. The molecule has 9 nitrogen and oxygen atoms in total. The molecular formula is C24H38N5O4. The van der Waals surface area contributed by atoms with Gasteiger partial charge < -0.3 is 27.4 Å². The van der Waals surface area contributed by atoms with E-state index in [1.165, 1.54) is 6.92 Å². The molecule has 1 aromatic rings. The fraction of sp³-hybridized carbons (Fsp3) is 0.583. The number of carbonyl (C=O) groups excluding carboxylic acids is 4. The molecule has 0 aliphatic rings. The lowest BCUT2D eigenvalue weighted by Gasteiger charge is -2.25. The minimum atomic E-state index is -0.933. The molecule has 0 unspecified atom stereocenters. The van der Waals surface area contributed by atoms with Gasteiger partial charge in [0, 0.05) is 6.42 Å². The highest BCUT2D eigenvalue weighted by Crippen LogP contribution is 2.08. The smallest absolute Gasteiger partial charge is 0.243 e. The Morgan fingerprint density at radius 3 is 2.21 bits per heavy atom. The molecule has 1 radical (unpaired) electrons. The third-order valence-electron chi connectivity index (χ3n) is 5.61. The fourth-order valence-corrected chi connectivity index (χ4v) is 3.16. The van der Waals surface area contributed by atoms with Crippen molar-refractivity contribution in [3.05, 3.63) is 35.9 Å². The van der Waals surface area contributed by atoms with E-state index in [1.807, 2.05) is 50.5 Å². The van der Waals surface area contributed by atoms with Crippen LogP contribution in [0.1, 0.15) is 52.0 Å². The highest BCUT2D eigenvalue weighted by molar-refractivity contribution is 5.93. The Labute approximate surface area is 196 Å². The fourth-order valence-electron chi connectivity index (χ4n) is 3.16. The van der Waals surface area contributed by atoms with Crippen LogP contribution in [0.5, 0.6) is 0 Å². The Bertz CT molecular complexity index is 758. The summed E-state index contributed by atoms with van der Waals surface area (Å²) in [5.41, 5.74) is 12.2. The first-order chi connectivity index (χ1) is 15.7. The zero-order valence-corrected chi connectivity index (χ0v) is 19.8. The van der Waals surface area contributed by atoms with Gasteiger partial charge in [-0.05, 0) is 37.8 Å². The molecule has 0 fully saturated rings. The van der Waals surface area contributed by atoms with E-state index in [4.69, 9.17) is 11.5 Å². The summed E-state index contributed by atoms with van der Waals surface area (Å²) in [7, 11) is 0. The summed E-state index contributed by atoms with van der Waals surface area (Å²) >= 11 is 0. The van der Waals surface area contributed by atoms with Crippen molar-refractivity contribution in [3.63, 3.8) is 0 Å². The zero-order valence-electron chi connectivity index (χ0n) is 19.8. The van der Waals surface area contributed by atoms with Crippen LogP contribution < -0.4 is 27.4 Å². The maximum Gasteiger partial charge on any atom is 0.243 e. The van der Waals surface area contributed by atoms with Gasteiger partial charge >= 0.3 is 0 Å². The lowest BCUT2D eigenvalue weighted by Crippen LogP contribution is -2.56. The number of carbonyl (C=O) groups is 3. The first kappa shape index (κ1) is 28.3. The number of nitrogens with one attached hydrogen (secondary N) is 3. The molecule has 0 aliphatic heterocycles. The van der Waals surface area contributed by atoms with Gasteiger partial charge in [-0.15, -0.1) is 0 Å². The van der Waals surface area contributed by atoms with Gasteiger partial charge in [0.25, 0.3) is 0 Å². The molecule has 0 bridgehead atoms. The highest BCUT2D eigenvalue weighted by atomic mass is 16.2. The number of hydrogen-bond donors (Lipinski definition) is 5. The summed E-state index contributed by atoms with van der Waals surface area (Å²) in [6.45, 7) is 5.81. The molecule has 3 amide bonds. The summed E-state index contributed by atoms with van der Waals surface area (Å²) in [4.78, 5) is 49.3. The largest absolute Gasteiger partial charge is 0.344 e. The second-order valence-electron chi connectivity index (χ2n) is 8.36. The van der Waals surface area contributed by atoms with Crippen LogP contribution >= 0.6 is 0 Å². The molecule has 183 valence electrons. The highest BCUT2D eigenvalue weighted by Gasteiger charge is 2.28. The van der Waals surface area contributed by atoms with E-state index in [-0.39, 0.29) is 12.3 Å². The average molecular weight is 461 g/mol. The van der Waals surface area contributed by atoms with Crippen LogP contribution in [0.15, 0.2) is 30.3 Å². The minimum absolute atomic E-state index is 0.0986. The molecular weight excluding hydrogens is 422 g/mol. The van der Waals surface area contributed by atoms with Gasteiger partial charge in [0.2, 0.25) is 24.0 Å². The predicted octanol–water partition coefficient (Wildman–Crippen LogP) is 0.316. The first-order valence-corrected chi connectivity index (χ1v) is 11.5. The SMILES string of the molecule is CC[C@H](C)[C@@H]([C]=O)NC(=O)[C@H](Cc1ccccc1)NC(=O)[C@H](C)NC(=O)[C@@H](N)CCCCN. The number of unbranched alkanes of at least 4 members (excludes halogenated alkanes) is 1. The first-order valence-electron chi connectivity index (χ1n) is 11.5. The van der Waals surface area contributed by atoms with E-state index >= 15 is 0 Å². The standard InChI is InChI=1S/C24H38N5O4/c1-4-16(2)21(15-30)29-24(33)20(14-18-10-6-5-7-11-18)28-22(31)17(3)27-23(32)19(26)12-8-9-13-25/h5-7,10-11,16-17,19-21H,4,8-9,12-14,25-26H2,1-3H3,(H,27,32)(H,28,31)(H,29,33)/t16-,17-,19-,20-,21+/m0/s1. The Balaban J connectivity index is 2.84. The molecule has 0 heterocycles. The summed E-state index contributed by atoms with van der Waals surface area (Å²) < 4.78 is 0. The Morgan fingerprint density at radius 1 is 0.970 bits per heavy atom. The number of benzene rings is 1. The van der Waals surface area contributed by atoms with Crippen molar-refractivity contribution in [2.24, 2.45) is 17.4 Å². The van der Waals surface area contributed by atoms with Gasteiger partial charge in [-0.25, -0.2) is 0 Å². The van der Waals surface area contributed by atoms with Crippen LogP contribution in [0, 0.1) is 5.92 Å². The third kappa shape index (κ3) is 10.1. The van der Waals surface area contributed by atoms with E-state index in [1.54, 1.807) is 0 Å². The normalized spacial score (nSPS) is 15.4. The van der Waals surface area contributed by atoms with Crippen LogP contribution in [-0.4, -0.2) is 54.7 Å². The van der Waals surface area contributed by atoms with Gasteiger partial charge in [0.15, 0.2) is 0 Å². The van der Waals surface area contributed by atoms with Crippen LogP contribution in [0.2, 0.25) is 0 Å². The quantitative estimate of drug-likeness (QED) is 0.237. The molecule has 0 aliphatic carbocycles. The van der Waals surface area contributed by atoms with Crippen molar-refractivity contribution in [3.8, 4) is 0 Å². The second-order valence-corrected chi connectivity index (χ2v) is 8.36. The van der Waals surface area contributed by atoms with Crippen LogP contribution in [0.3, 0.4) is 0 Å². The van der Waals surface area contributed by atoms with E-state index in [2.05, 4.69) is 16.0 Å². The van der Waals surface area contributed by atoms with Gasteiger partial charge in [0.1, 0.15) is 12.1 Å². The van der Waals surface area contributed by atoms with Gasteiger partial charge in [-0.2, -0.15) is 0 Å². The molecule has 7 N–H and O–H groups in total. The van der Waals surface area contributed by atoms with E-state index in [9.17, 15) is 19.2 Å². The van der Waals surface area contributed by atoms with Crippen molar-refractivity contribution in [1.82, 2.24) is 16.0 Å². The summed E-state index contributed by atoms with van der Waals surface area (Å²) in [5.74, 6) is -1.55. The number of amides is 3. The van der Waals surface area contributed by atoms with Crippen LogP contribution in [0.4, 0.5) is 0 Å². The number of nitrogens with two attached hydrogens (primary N) is 2. The Kier molecular flexibility index (Phi) is 13.0. The van der Waals surface area contributed by atoms with Crippen molar-refractivity contribution in [2.75, 3.05) is 6.54 Å². The summed E-state index contributed by atoms with van der Waals surface area (Å²) in [5, 5.41) is 7.96. The lowest BCUT2D eigenvalue weighted by molar-refractivity contribution is -0.132. The second kappa shape index (κ2) is 15.1. The summed E-state index contributed by atoms with van der Waals surface area (Å²) in [6, 6.07) is 5.86. The maximum atomic E-state index is 13.0. The predicted molar refractivity (Wildman–Crippen MR) is 128 cm³/mol. The Morgan fingerprint density at radius 2 is 1.64 bits per heavy atom. The number of rotatable bonds is 15. The zero-order chi connectivity index (χ0) is 24.8. The van der Waals surface area contributed by atoms with E-state index in [0.29, 0.717) is 19.4 Å². The van der Waals surface area contributed by atoms with Gasteiger partial charge in [-0.3, -0.25) is 19.2 Å². The molecule has 33 heavy (non-hydrogen) atoms. The summed E-state index contributed by atoms with van der Waals surface area (Å²) in [6.07, 6.45) is 4.73. The molecule has 9 heteroatoms. The van der Waals surface area contributed by atoms with E-state index < -0.39 is 41.9 Å². The average Bonchev–Trinajstić information content (AvgIpc) is 2.81. The number of hydrogen-bond acceptors (Lipinski definition) is 6. The van der Waals surface area contributed by atoms with Gasteiger partial charge in [0.05, 0.1) is 12.1 Å². The molecule has 1 rings (SSSR count). The minimum Gasteiger partial charge on any atom is -0.344 e. The Hall–Kier alpha value is -2.78. The van der Waals surface area contributed by atoms with Gasteiger partial charge in [-0.1, -0.05) is 57.0 Å². The molecule has 0 saturated heterocycles. The van der Waals surface area contributed by atoms with Crippen LogP contribution in [0.25, 0.3) is 0 Å². The van der Waals surface area contributed by atoms with Crippen molar-refractivity contribution >= 4 is 24.0 Å². The topological polar surface area (TPSA) is 156 Å². The molecule has 0 spiro atoms. The lowest BCUT2D eigenvalue weighted by atomic mass is 9.99. The van der Waals surface area contributed by atoms with Crippen molar-refractivity contribution in [1.29, 1.82) is 0 Å². The molecule has 1 aromatic carbocycles. The van der Waals surface area contributed by atoms with Crippen molar-refractivity contribution < 1.29 is 19.2 Å². The van der Waals surface area contributed by atoms with E-state index in [0.717, 1.165) is 18.4 Å². The van der Waals surface area contributed by atoms with Crippen molar-refractivity contribution in [2.45, 2.75) is 77.0 Å².